The van der Waals surface area contributed by atoms with E-state index >= 15 is 0 Å². The molecule has 0 amide bonds. The first-order valence-electron chi connectivity index (χ1n) is 7.76. The van der Waals surface area contributed by atoms with Gasteiger partial charge in [0, 0.05) is 16.7 Å². The van der Waals surface area contributed by atoms with Crippen molar-refractivity contribution in [1.82, 2.24) is 0 Å². The van der Waals surface area contributed by atoms with Crippen LogP contribution >= 0.6 is 31.9 Å². The fraction of sp³-hybridized carbons (Fsp3) is 0.333. The summed E-state index contributed by atoms with van der Waals surface area (Å²) in [6.45, 7) is 2.32. The molecule has 0 aliphatic heterocycles. The molecule has 0 heterocycles. The van der Waals surface area contributed by atoms with Crippen molar-refractivity contribution in [2.75, 3.05) is 23.3 Å². The van der Waals surface area contributed by atoms with Crippen LogP contribution in [0.4, 0.5) is 5.69 Å². The molecular weight excluding hydrogens is 470 g/mol. The van der Waals surface area contributed by atoms with Gasteiger partial charge in [-0.2, -0.15) is 0 Å². The molecule has 0 spiro atoms. The molecule has 0 aliphatic carbocycles. The third kappa shape index (κ3) is 5.72. The first-order chi connectivity index (χ1) is 11.9. The number of sulfonamides is 1. The van der Waals surface area contributed by atoms with Crippen LogP contribution < -0.4 is 9.04 Å². The van der Waals surface area contributed by atoms with Gasteiger partial charge >= 0.3 is 0 Å². The van der Waals surface area contributed by atoms with Crippen LogP contribution in [0.25, 0.3) is 0 Å². The van der Waals surface area contributed by atoms with E-state index in [2.05, 4.69) is 31.9 Å². The van der Waals surface area contributed by atoms with Crippen LogP contribution in [0.5, 0.6) is 5.75 Å². The molecule has 0 aliphatic rings. The largest absolute Gasteiger partial charge is 0.497 e. The summed E-state index contributed by atoms with van der Waals surface area (Å²) in [4.78, 5) is 0.00222. The van der Waals surface area contributed by atoms with Gasteiger partial charge in [-0.05, 0) is 36.8 Å². The molecule has 2 aromatic rings. The molecule has 7 heteroatoms. The summed E-state index contributed by atoms with van der Waals surface area (Å²) in [5.74, 6) is 0.650. The van der Waals surface area contributed by atoms with Crippen molar-refractivity contribution in [3.05, 3.63) is 59.7 Å². The van der Waals surface area contributed by atoms with Crippen molar-refractivity contribution in [3.8, 4) is 5.75 Å². The third-order valence-corrected chi connectivity index (χ3v) is 7.69. The van der Waals surface area contributed by atoms with Crippen LogP contribution in [0.3, 0.4) is 0 Å². The second kappa shape index (κ2) is 9.05. The van der Waals surface area contributed by atoms with Crippen LogP contribution in [-0.4, -0.2) is 32.2 Å². The van der Waals surface area contributed by atoms with Gasteiger partial charge in [0.05, 0.1) is 18.6 Å². The zero-order valence-corrected chi connectivity index (χ0v) is 18.1. The number of nitrogens with zero attached hydrogens (tertiary/aromatic N) is 1. The summed E-state index contributed by atoms with van der Waals surface area (Å²) in [7, 11) is -1.94. The van der Waals surface area contributed by atoms with E-state index in [1.165, 1.54) is 4.31 Å². The zero-order valence-electron chi connectivity index (χ0n) is 14.2. The molecule has 25 heavy (non-hydrogen) atoms. The van der Waals surface area contributed by atoms with Gasteiger partial charge in [-0.25, -0.2) is 8.42 Å². The van der Waals surface area contributed by atoms with Crippen LogP contribution in [0.1, 0.15) is 11.1 Å². The van der Waals surface area contributed by atoms with E-state index < -0.39 is 10.0 Å². The smallest absolute Gasteiger partial charge is 0.239 e. The lowest BCUT2D eigenvalue weighted by Gasteiger charge is -2.26. The van der Waals surface area contributed by atoms with Gasteiger partial charge in [-0.15, -0.1) is 0 Å². The Balaban J connectivity index is 2.33. The summed E-state index contributed by atoms with van der Waals surface area (Å²) < 4.78 is 32.7. The van der Waals surface area contributed by atoms with Gasteiger partial charge in [0.25, 0.3) is 0 Å². The van der Waals surface area contributed by atoms with E-state index in [1.807, 2.05) is 31.2 Å². The van der Waals surface area contributed by atoms with Crippen molar-refractivity contribution in [2.45, 2.75) is 17.5 Å². The van der Waals surface area contributed by atoms with Crippen molar-refractivity contribution in [1.29, 1.82) is 0 Å². The first-order valence-corrected chi connectivity index (χ1v) is 11.4. The van der Waals surface area contributed by atoms with Crippen LogP contribution in [0.2, 0.25) is 0 Å². The van der Waals surface area contributed by atoms with Gasteiger partial charge in [0.15, 0.2) is 0 Å². The molecular formula is C18H21Br2NO3S. The Kier molecular flexibility index (Phi) is 7.34. The van der Waals surface area contributed by atoms with E-state index in [-0.39, 0.29) is 10.6 Å². The number of anilines is 1. The molecule has 2 aromatic carbocycles. The highest BCUT2D eigenvalue weighted by molar-refractivity contribution is 9.12. The van der Waals surface area contributed by atoms with Crippen LogP contribution in [0.15, 0.2) is 48.5 Å². The van der Waals surface area contributed by atoms with E-state index in [4.69, 9.17) is 4.74 Å². The Bertz CT molecular complexity index is 777. The third-order valence-electron chi connectivity index (χ3n) is 3.70. The Labute approximate surface area is 166 Å². The molecule has 0 radical (unpaired) electrons. The topological polar surface area (TPSA) is 46.6 Å². The molecule has 0 saturated heterocycles. The predicted octanol–water partition coefficient (Wildman–Crippen LogP) is 4.50. The Morgan fingerprint density at radius 2 is 1.68 bits per heavy atom. The summed E-state index contributed by atoms with van der Waals surface area (Å²) in [5, 5.41) is 0.652. The summed E-state index contributed by atoms with van der Waals surface area (Å²) in [6.07, 6.45) is 0. The monoisotopic (exact) mass is 489 g/mol. The molecule has 0 N–H and O–H groups in total. The van der Waals surface area contributed by atoms with Crippen molar-refractivity contribution in [2.24, 2.45) is 0 Å². The normalized spacial score (nSPS) is 12.6. The van der Waals surface area contributed by atoms with E-state index in [0.717, 1.165) is 11.1 Å². The molecule has 2 rings (SSSR count). The fourth-order valence-electron chi connectivity index (χ4n) is 2.33. The number of methoxy groups -OCH3 is 1. The van der Waals surface area contributed by atoms with E-state index in [9.17, 15) is 8.42 Å². The van der Waals surface area contributed by atoms with Crippen LogP contribution in [-0.2, 0) is 15.8 Å². The zero-order chi connectivity index (χ0) is 18.4. The minimum Gasteiger partial charge on any atom is -0.497 e. The van der Waals surface area contributed by atoms with Gasteiger partial charge in [0.1, 0.15) is 5.75 Å². The van der Waals surface area contributed by atoms with Crippen molar-refractivity contribution in [3.63, 3.8) is 0 Å². The average Bonchev–Trinajstić information content (AvgIpc) is 2.61. The minimum atomic E-state index is -3.52. The number of halogens is 2. The second-order valence-corrected chi connectivity index (χ2v) is 9.56. The molecule has 0 fully saturated rings. The lowest BCUT2D eigenvalue weighted by molar-refractivity contribution is 0.415. The highest BCUT2D eigenvalue weighted by Gasteiger charge is 2.25. The summed E-state index contributed by atoms with van der Waals surface area (Å²) in [5.41, 5.74) is 2.50. The maximum atomic E-state index is 13.0. The Morgan fingerprint density at radius 1 is 1.08 bits per heavy atom. The van der Waals surface area contributed by atoms with Gasteiger partial charge in [-0.1, -0.05) is 61.7 Å². The second-order valence-electron chi connectivity index (χ2n) is 5.72. The number of hydrogen-bond donors (Lipinski definition) is 0. The quantitative estimate of drug-likeness (QED) is 0.512. The number of benzene rings is 2. The summed E-state index contributed by atoms with van der Waals surface area (Å²) >= 11 is 6.90. The van der Waals surface area contributed by atoms with Gasteiger partial charge < -0.3 is 4.74 Å². The van der Waals surface area contributed by atoms with Gasteiger partial charge in [0.2, 0.25) is 10.0 Å². The van der Waals surface area contributed by atoms with Crippen molar-refractivity contribution >= 4 is 47.6 Å². The maximum absolute atomic E-state index is 13.0. The molecule has 4 nitrogen and oxygen atoms in total. The van der Waals surface area contributed by atoms with Crippen LogP contribution in [0, 0.1) is 6.92 Å². The number of hydrogen-bond acceptors (Lipinski definition) is 3. The highest BCUT2D eigenvalue weighted by atomic mass is 79.9. The minimum absolute atomic E-state index is 0.00222. The highest BCUT2D eigenvalue weighted by Crippen LogP contribution is 2.25. The Morgan fingerprint density at radius 3 is 2.20 bits per heavy atom. The first kappa shape index (κ1) is 20.3. The molecule has 1 unspecified atom stereocenters. The lowest BCUT2D eigenvalue weighted by Crippen LogP contribution is -2.37. The summed E-state index contributed by atoms with van der Waals surface area (Å²) in [6, 6.07) is 14.6. The van der Waals surface area contributed by atoms with Crippen molar-refractivity contribution < 1.29 is 13.2 Å². The maximum Gasteiger partial charge on any atom is 0.239 e. The van der Waals surface area contributed by atoms with E-state index in [1.54, 1.807) is 31.4 Å². The van der Waals surface area contributed by atoms with E-state index in [0.29, 0.717) is 23.3 Å². The number of rotatable bonds is 8. The molecule has 0 saturated carbocycles. The molecule has 136 valence electrons. The molecule has 0 bridgehead atoms. The SMILES string of the molecule is COc1ccc(N(CC(Br)CBr)S(=O)(=O)Cc2ccc(C)cc2)cc1. The predicted molar refractivity (Wildman–Crippen MR) is 111 cm³/mol. The molecule has 0 aromatic heterocycles. The fourth-order valence-corrected chi connectivity index (χ4v) is 4.64. The number of aryl methyl sites for hydroxylation is 1. The Hall–Kier alpha value is -1.05. The lowest BCUT2D eigenvalue weighted by atomic mass is 10.2. The van der Waals surface area contributed by atoms with Gasteiger partial charge in [-0.3, -0.25) is 4.31 Å². The standard InChI is InChI=1S/C18H21Br2NO3S/c1-14-3-5-15(6-4-14)13-25(22,23)21(12-16(20)11-19)17-7-9-18(24-2)10-8-17/h3-10,16H,11-13H2,1-2H3. The average molecular weight is 491 g/mol. The number of alkyl halides is 2. The molecule has 1 atom stereocenters. The number of ether oxygens (including phenoxy) is 1.